The number of aromatic amines is 1. The molecule has 0 aliphatic carbocycles. The lowest BCUT2D eigenvalue weighted by Gasteiger charge is -2.19. The Morgan fingerprint density at radius 3 is 3.06 bits per heavy atom. The Balaban J connectivity index is 1.78. The summed E-state index contributed by atoms with van der Waals surface area (Å²) < 4.78 is 0. The molecular formula is C12H15N3S. The molecule has 0 amide bonds. The third kappa shape index (κ3) is 2.07. The number of nitrogens with zero attached hydrogens (tertiary/aromatic N) is 2. The van der Waals surface area contributed by atoms with Gasteiger partial charge in [0.2, 0.25) is 0 Å². The van der Waals surface area contributed by atoms with E-state index in [0.29, 0.717) is 0 Å². The van der Waals surface area contributed by atoms with Crippen LogP contribution >= 0.6 is 11.8 Å². The fraction of sp³-hybridized carbons (Fsp3) is 0.500. The van der Waals surface area contributed by atoms with Crippen LogP contribution in [0.3, 0.4) is 0 Å². The molecule has 0 saturated carbocycles. The Kier molecular flexibility index (Phi) is 2.82. The first-order valence-electron chi connectivity index (χ1n) is 5.78. The van der Waals surface area contributed by atoms with Crippen molar-refractivity contribution in [2.75, 3.05) is 11.5 Å². The van der Waals surface area contributed by atoms with Gasteiger partial charge in [0, 0.05) is 12.6 Å². The Bertz CT molecular complexity index is 441. The predicted molar refractivity (Wildman–Crippen MR) is 67.6 cm³/mol. The molecule has 2 aromatic heterocycles. The Labute approximate surface area is 99.1 Å². The summed E-state index contributed by atoms with van der Waals surface area (Å²) in [4.78, 5) is 12.1. The van der Waals surface area contributed by atoms with Gasteiger partial charge in [0.15, 0.2) is 0 Å². The van der Waals surface area contributed by atoms with Gasteiger partial charge >= 0.3 is 0 Å². The number of nitrogens with one attached hydrogen (secondary N) is 1. The summed E-state index contributed by atoms with van der Waals surface area (Å²) in [6, 6.07) is 1.96. The van der Waals surface area contributed by atoms with E-state index in [9.17, 15) is 0 Å². The second-order valence-electron chi connectivity index (χ2n) is 4.34. The fourth-order valence-corrected chi connectivity index (χ4v) is 3.43. The highest BCUT2D eigenvalue weighted by Gasteiger charge is 2.15. The maximum absolute atomic E-state index is 4.60. The lowest BCUT2D eigenvalue weighted by molar-refractivity contribution is 0.478. The zero-order valence-electron chi connectivity index (χ0n) is 9.15. The summed E-state index contributed by atoms with van der Waals surface area (Å²) in [5, 5.41) is 0. The van der Waals surface area contributed by atoms with Crippen molar-refractivity contribution in [1.82, 2.24) is 15.0 Å². The molecule has 3 rings (SSSR count). The van der Waals surface area contributed by atoms with Crippen LogP contribution in [0, 0.1) is 5.92 Å². The average Bonchev–Trinajstić information content (AvgIpc) is 2.72. The topological polar surface area (TPSA) is 41.6 Å². The third-order valence-electron chi connectivity index (χ3n) is 3.16. The first kappa shape index (κ1) is 10.1. The van der Waals surface area contributed by atoms with Gasteiger partial charge in [-0.15, -0.1) is 0 Å². The van der Waals surface area contributed by atoms with E-state index in [0.717, 1.165) is 29.2 Å². The van der Waals surface area contributed by atoms with Crippen LogP contribution in [0.15, 0.2) is 18.5 Å². The molecule has 3 heterocycles. The predicted octanol–water partition coefficient (Wildman–Crippen LogP) is 2.64. The number of imidazole rings is 1. The van der Waals surface area contributed by atoms with Gasteiger partial charge in [-0.05, 0) is 36.3 Å². The van der Waals surface area contributed by atoms with Gasteiger partial charge in [0.05, 0.1) is 17.2 Å². The Morgan fingerprint density at radius 2 is 2.25 bits per heavy atom. The minimum absolute atomic E-state index is 0.815. The van der Waals surface area contributed by atoms with Gasteiger partial charge in [-0.25, -0.2) is 4.98 Å². The van der Waals surface area contributed by atoms with E-state index >= 15 is 0 Å². The van der Waals surface area contributed by atoms with Crippen molar-refractivity contribution in [3.05, 3.63) is 24.3 Å². The largest absolute Gasteiger partial charge is 0.341 e. The molecule has 0 bridgehead atoms. The van der Waals surface area contributed by atoms with Gasteiger partial charge in [0.25, 0.3) is 0 Å². The highest BCUT2D eigenvalue weighted by atomic mass is 32.2. The Hall–Kier alpha value is -1.03. The van der Waals surface area contributed by atoms with Gasteiger partial charge in [-0.2, -0.15) is 11.8 Å². The van der Waals surface area contributed by atoms with Crippen molar-refractivity contribution < 1.29 is 0 Å². The molecule has 0 unspecified atom stereocenters. The molecule has 16 heavy (non-hydrogen) atoms. The molecule has 84 valence electrons. The number of thioether (sulfide) groups is 1. The van der Waals surface area contributed by atoms with Crippen LogP contribution in [0.1, 0.15) is 18.7 Å². The molecule has 1 N–H and O–H groups in total. The van der Waals surface area contributed by atoms with E-state index in [-0.39, 0.29) is 0 Å². The van der Waals surface area contributed by atoms with Crippen molar-refractivity contribution in [3.8, 4) is 0 Å². The monoisotopic (exact) mass is 233 g/mol. The second-order valence-corrected chi connectivity index (χ2v) is 5.56. The summed E-state index contributed by atoms with van der Waals surface area (Å²) in [6.07, 6.45) is 7.40. The molecule has 1 aliphatic rings. The number of hydrogen-bond donors (Lipinski definition) is 1. The van der Waals surface area contributed by atoms with E-state index in [1.807, 2.05) is 12.3 Å². The van der Waals surface area contributed by atoms with E-state index in [4.69, 9.17) is 0 Å². The van der Waals surface area contributed by atoms with Crippen LogP contribution in [-0.4, -0.2) is 26.5 Å². The average molecular weight is 233 g/mol. The number of hydrogen-bond acceptors (Lipinski definition) is 3. The number of pyridine rings is 1. The molecule has 2 aromatic rings. The second kappa shape index (κ2) is 4.45. The number of rotatable bonds is 2. The van der Waals surface area contributed by atoms with Crippen molar-refractivity contribution in [2.45, 2.75) is 19.3 Å². The minimum atomic E-state index is 0.815. The lowest BCUT2D eigenvalue weighted by Crippen LogP contribution is -2.12. The smallest absolute Gasteiger partial charge is 0.107 e. The lowest BCUT2D eigenvalue weighted by atomic mass is 9.99. The quantitative estimate of drug-likeness (QED) is 0.867. The van der Waals surface area contributed by atoms with Crippen molar-refractivity contribution in [3.63, 3.8) is 0 Å². The molecule has 4 heteroatoms. The molecule has 1 saturated heterocycles. The molecule has 0 aromatic carbocycles. The van der Waals surface area contributed by atoms with Crippen LogP contribution in [0.2, 0.25) is 0 Å². The molecule has 1 aliphatic heterocycles. The first-order chi connectivity index (χ1) is 7.92. The summed E-state index contributed by atoms with van der Waals surface area (Å²) in [5.74, 6) is 4.56. The summed E-state index contributed by atoms with van der Waals surface area (Å²) >= 11 is 2.07. The van der Waals surface area contributed by atoms with Gasteiger partial charge in [-0.3, -0.25) is 4.98 Å². The van der Waals surface area contributed by atoms with Crippen molar-refractivity contribution in [1.29, 1.82) is 0 Å². The minimum Gasteiger partial charge on any atom is -0.341 e. The molecular weight excluding hydrogens is 218 g/mol. The molecule has 0 radical (unpaired) electrons. The van der Waals surface area contributed by atoms with E-state index in [2.05, 4.69) is 26.7 Å². The summed E-state index contributed by atoms with van der Waals surface area (Å²) in [5.41, 5.74) is 2.10. The fourth-order valence-electron chi connectivity index (χ4n) is 2.23. The van der Waals surface area contributed by atoms with Crippen LogP contribution in [0.5, 0.6) is 0 Å². The van der Waals surface area contributed by atoms with E-state index in [1.54, 1.807) is 6.20 Å². The van der Waals surface area contributed by atoms with Gasteiger partial charge in [-0.1, -0.05) is 0 Å². The molecule has 3 nitrogen and oxygen atoms in total. The third-order valence-corrected chi connectivity index (χ3v) is 4.20. The van der Waals surface area contributed by atoms with Gasteiger partial charge < -0.3 is 4.98 Å². The highest BCUT2D eigenvalue weighted by molar-refractivity contribution is 7.99. The molecule has 0 spiro atoms. The SMILES string of the molecule is c1cc2nc(CC3CCSCC3)[nH]c2cn1. The van der Waals surface area contributed by atoms with Crippen LogP contribution in [0.25, 0.3) is 11.0 Å². The standard InChI is InChI=1S/C12H15N3S/c1-4-13-8-11-10(1)14-12(15-11)7-9-2-5-16-6-3-9/h1,4,8-9H,2-3,5-7H2,(H,14,15). The maximum Gasteiger partial charge on any atom is 0.107 e. The number of fused-ring (bicyclic) bond motifs is 1. The zero-order chi connectivity index (χ0) is 10.8. The zero-order valence-corrected chi connectivity index (χ0v) is 9.96. The summed E-state index contributed by atoms with van der Waals surface area (Å²) in [7, 11) is 0. The van der Waals surface area contributed by atoms with Crippen molar-refractivity contribution >= 4 is 22.8 Å². The number of H-pyrrole nitrogens is 1. The molecule has 1 fully saturated rings. The van der Waals surface area contributed by atoms with Crippen LogP contribution in [0.4, 0.5) is 0 Å². The first-order valence-corrected chi connectivity index (χ1v) is 6.93. The Morgan fingerprint density at radius 1 is 1.38 bits per heavy atom. The molecule has 0 atom stereocenters. The normalized spacial score (nSPS) is 18.0. The highest BCUT2D eigenvalue weighted by Crippen LogP contribution is 2.25. The van der Waals surface area contributed by atoms with E-state index in [1.165, 1.54) is 24.3 Å². The summed E-state index contributed by atoms with van der Waals surface area (Å²) in [6.45, 7) is 0. The van der Waals surface area contributed by atoms with Crippen LogP contribution in [-0.2, 0) is 6.42 Å². The maximum atomic E-state index is 4.60. The van der Waals surface area contributed by atoms with Gasteiger partial charge in [0.1, 0.15) is 5.82 Å². The van der Waals surface area contributed by atoms with Crippen molar-refractivity contribution in [2.24, 2.45) is 5.92 Å². The number of aromatic nitrogens is 3. The van der Waals surface area contributed by atoms with Crippen LogP contribution < -0.4 is 0 Å². The van der Waals surface area contributed by atoms with E-state index < -0.39 is 0 Å².